The van der Waals surface area contributed by atoms with E-state index in [1.54, 1.807) is 0 Å². The zero-order chi connectivity index (χ0) is 19.4. The number of sulfonamides is 1. The molecule has 1 aromatic rings. The third kappa shape index (κ3) is 5.00. The molecule has 2 fully saturated rings. The second kappa shape index (κ2) is 8.87. The van der Waals surface area contributed by atoms with Gasteiger partial charge in [0.15, 0.2) is 0 Å². The van der Waals surface area contributed by atoms with Crippen LogP contribution in [0.4, 0.5) is 0 Å². The molecule has 3 rings (SSSR count). The van der Waals surface area contributed by atoms with E-state index >= 15 is 0 Å². The zero-order valence-electron chi connectivity index (χ0n) is 15.7. The van der Waals surface area contributed by atoms with Gasteiger partial charge in [0.05, 0.1) is 15.5 Å². The number of piperazine rings is 1. The molecular formula is C18H27ClN4O3S. The van der Waals surface area contributed by atoms with Gasteiger partial charge in [0, 0.05) is 52.4 Å². The Balaban J connectivity index is 1.62. The van der Waals surface area contributed by atoms with Crippen LogP contribution >= 0.6 is 11.6 Å². The summed E-state index contributed by atoms with van der Waals surface area (Å²) < 4.78 is 26.9. The number of likely N-dealkylation sites (N-methyl/N-ethyl adjacent to an activating group) is 1. The first-order chi connectivity index (χ1) is 12.9. The molecule has 7 nitrogen and oxygen atoms in total. The molecule has 1 N–H and O–H groups in total. The molecule has 150 valence electrons. The van der Waals surface area contributed by atoms with Crippen molar-refractivity contribution >= 4 is 27.5 Å². The lowest BCUT2D eigenvalue weighted by Crippen LogP contribution is -2.46. The standard InChI is InChI=1S/C18H27ClN4O3S/c1-21-10-12-22(13-11-21)9-6-20-18(24)16-14-15(4-5-17(16)19)27(25,26)23-7-2-3-8-23/h4-5,14H,2-3,6-13H2,1H3,(H,20,24). The summed E-state index contributed by atoms with van der Waals surface area (Å²) in [6.07, 6.45) is 1.74. The molecule has 2 aliphatic rings. The summed E-state index contributed by atoms with van der Waals surface area (Å²) in [5.74, 6) is -0.340. The SMILES string of the molecule is CN1CCN(CCNC(=O)c2cc(S(=O)(=O)N3CCCC3)ccc2Cl)CC1. The van der Waals surface area contributed by atoms with Crippen molar-refractivity contribution in [3.8, 4) is 0 Å². The molecule has 2 heterocycles. The normalized spacial score (nSPS) is 20.1. The van der Waals surface area contributed by atoms with E-state index < -0.39 is 10.0 Å². The van der Waals surface area contributed by atoms with Crippen LogP contribution < -0.4 is 5.32 Å². The average Bonchev–Trinajstić information content (AvgIpc) is 3.19. The number of carbonyl (C=O) groups excluding carboxylic acids is 1. The molecule has 1 amide bonds. The predicted octanol–water partition coefficient (Wildman–Crippen LogP) is 1.10. The largest absolute Gasteiger partial charge is 0.351 e. The smallest absolute Gasteiger partial charge is 0.252 e. The van der Waals surface area contributed by atoms with Crippen LogP contribution in [0.2, 0.25) is 5.02 Å². The van der Waals surface area contributed by atoms with Gasteiger partial charge in [-0.1, -0.05) is 11.6 Å². The fourth-order valence-electron chi connectivity index (χ4n) is 3.41. The highest BCUT2D eigenvalue weighted by atomic mass is 35.5. The zero-order valence-corrected chi connectivity index (χ0v) is 17.2. The van der Waals surface area contributed by atoms with Crippen LogP contribution in [0.5, 0.6) is 0 Å². The number of rotatable bonds is 6. The number of nitrogens with one attached hydrogen (secondary N) is 1. The second-order valence-electron chi connectivity index (χ2n) is 7.15. The number of hydrogen-bond donors (Lipinski definition) is 1. The first-order valence-electron chi connectivity index (χ1n) is 9.37. The van der Waals surface area contributed by atoms with Gasteiger partial charge >= 0.3 is 0 Å². The van der Waals surface area contributed by atoms with Crippen molar-refractivity contribution in [3.05, 3.63) is 28.8 Å². The molecule has 0 spiro atoms. The van der Waals surface area contributed by atoms with Gasteiger partial charge in [0.2, 0.25) is 10.0 Å². The highest BCUT2D eigenvalue weighted by Gasteiger charge is 2.28. The van der Waals surface area contributed by atoms with E-state index in [9.17, 15) is 13.2 Å². The Kier molecular flexibility index (Phi) is 6.75. The van der Waals surface area contributed by atoms with Gasteiger partial charge in [0.1, 0.15) is 0 Å². The van der Waals surface area contributed by atoms with E-state index in [1.807, 2.05) is 0 Å². The second-order valence-corrected chi connectivity index (χ2v) is 9.50. The van der Waals surface area contributed by atoms with E-state index in [-0.39, 0.29) is 21.4 Å². The first kappa shape index (κ1) is 20.5. The third-order valence-corrected chi connectivity index (χ3v) is 7.42. The molecule has 27 heavy (non-hydrogen) atoms. The number of hydrogen-bond acceptors (Lipinski definition) is 5. The Morgan fingerprint density at radius 3 is 2.44 bits per heavy atom. The van der Waals surface area contributed by atoms with E-state index in [2.05, 4.69) is 22.2 Å². The summed E-state index contributed by atoms with van der Waals surface area (Å²) in [5, 5.41) is 3.12. The Morgan fingerprint density at radius 2 is 1.78 bits per heavy atom. The van der Waals surface area contributed by atoms with Gasteiger partial charge in [-0.15, -0.1) is 0 Å². The lowest BCUT2D eigenvalue weighted by atomic mass is 10.2. The lowest BCUT2D eigenvalue weighted by Gasteiger charge is -2.32. The molecule has 0 aliphatic carbocycles. The van der Waals surface area contributed by atoms with Crippen molar-refractivity contribution in [3.63, 3.8) is 0 Å². The van der Waals surface area contributed by atoms with Gasteiger partial charge in [-0.05, 0) is 38.1 Å². The third-order valence-electron chi connectivity index (χ3n) is 5.19. The quantitative estimate of drug-likeness (QED) is 0.754. The molecule has 0 atom stereocenters. The molecule has 2 aliphatic heterocycles. The maximum Gasteiger partial charge on any atom is 0.252 e. The minimum Gasteiger partial charge on any atom is -0.351 e. The summed E-state index contributed by atoms with van der Waals surface area (Å²) >= 11 is 6.16. The molecule has 0 saturated carbocycles. The van der Waals surface area contributed by atoms with Crippen LogP contribution in [0.25, 0.3) is 0 Å². The molecule has 1 aromatic carbocycles. The van der Waals surface area contributed by atoms with Gasteiger partial charge < -0.3 is 10.2 Å². The Morgan fingerprint density at radius 1 is 1.11 bits per heavy atom. The van der Waals surface area contributed by atoms with Gasteiger partial charge in [0.25, 0.3) is 5.91 Å². The lowest BCUT2D eigenvalue weighted by molar-refractivity contribution is 0.0941. The van der Waals surface area contributed by atoms with Crippen molar-refractivity contribution in [2.24, 2.45) is 0 Å². The molecule has 9 heteroatoms. The Bertz CT molecular complexity index is 773. The van der Waals surface area contributed by atoms with Crippen molar-refractivity contribution < 1.29 is 13.2 Å². The summed E-state index contributed by atoms with van der Waals surface area (Å²) in [6, 6.07) is 4.35. The fourth-order valence-corrected chi connectivity index (χ4v) is 5.16. The van der Waals surface area contributed by atoms with Crippen LogP contribution in [-0.2, 0) is 10.0 Å². The summed E-state index contributed by atoms with van der Waals surface area (Å²) in [4.78, 5) is 17.2. The van der Waals surface area contributed by atoms with Crippen molar-refractivity contribution in [2.75, 3.05) is 59.4 Å². The number of benzene rings is 1. The van der Waals surface area contributed by atoms with Gasteiger partial charge in [-0.3, -0.25) is 9.69 Å². The monoisotopic (exact) mass is 414 g/mol. The maximum absolute atomic E-state index is 12.7. The van der Waals surface area contributed by atoms with Gasteiger partial charge in [-0.25, -0.2) is 8.42 Å². The highest BCUT2D eigenvalue weighted by Crippen LogP contribution is 2.25. The van der Waals surface area contributed by atoms with E-state index in [0.29, 0.717) is 19.6 Å². The Hall–Kier alpha value is -1.19. The molecule has 0 bridgehead atoms. The molecular weight excluding hydrogens is 388 g/mol. The number of amides is 1. The van der Waals surface area contributed by atoms with Crippen LogP contribution in [-0.4, -0.2) is 87.8 Å². The van der Waals surface area contributed by atoms with Crippen LogP contribution in [0.3, 0.4) is 0 Å². The van der Waals surface area contributed by atoms with Crippen molar-refractivity contribution in [1.82, 2.24) is 19.4 Å². The molecule has 2 saturated heterocycles. The highest BCUT2D eigenvalue weighted by molar-refractivity contribution is 7.89. The van der Waals surface area contributed by atoms with E-state index in [1.165, 1.54) is 22.5 Å². The molecule has 0 radical (unpaired) electrons. The maximum atomic E-state index is 12.7. The minimum absolute atomic E-state index is 0.123. The topological polar surface area (TPSA) is 73.0 Å². The summed E-state index contributed by atoms with van der Waals surface area (Å²) in [5.41, 5.74) is 0.204. The first-order valence-corrected chi connectivity index (χ1v) is 11.2. The van der Waals surface area contributed by atoms with E-state index in [4.69, 9.17) is 11.6 Å². The van der Waals surface area contributed by atoms with E-state index in [0.717, 1.165) is 45.6 Å². The number of nitrogens with zero attached hydrogens (tertiary/aromatic N) is 3. The molecule has 0 aromatic heterocycles. The van der Waals surface area contributed by atoms with Crippen LogP contribution in [0, 0.1) is 0 Å². The minimum atomic E-state index is -3.57. The summed E-state index contributed by atoms with van der Waals surface area (Å²) in [6.45, 7) is 6.33. The van der Waals surface area contributed by atoms with Crippen LogP contribution in [0.15, 0.2) is 23.1 Å². The van der Waals surface area contributed by atoms with Gasteiger partial charge in [-0.2, -0.15) is 4.31 Å². The predicted molar refractivity (Wildman–Crippen MR) is 106 cm³/mol. The fraction of sp³-hybridized carbons (Fsp3) is 0.611. The molecule has 0 unspecified atom stereocenters. The van der Waals surface area contributed by atoms with Crippen LogP contribution in [0.1, 0.15) is 23.2 Å². The number of halogens is 1. The van der Waals surface area contributed by atoms with Crippen molar-refractivity contribution in [2.45, 2.75) is 17.7 Å². The summed E-state index contributed by atoms with van der Waals surface area (Å²) in [7, 11) is -1.47. The number of carbonyl (C=O) groups is 1. The Labute approximate surface area is 166 Å². The van der Waals surface area contributed by atoms with Crippen molar-refractivity contribution in [1.29, 1.82) is 0 Å². The average molecular weight is 415 g/mol.